The normalized spacial score (nSPS) is 12.3. The maximum Gasteiger partial charge on any atom is 0.213 e. The second kappa shape index (κ2) is 7.99. The zero-order valence-electron chi connectivity index (χ0n) is 15.3. The van der Waals surface area contributed by atoms with Gasteiger partial charge in [0.25, 0.3) is 0 Å². The predicted molar refractivity (Wildman–Crippen MR) is 98.0 cm³/mol. The Balaban J connectivity index is 1.96. The Hall–Kier alpha value is -2.30. The van der Waals surface area contributed by atoms with E-state index in [1.54, 1.807) is 6.20 Å². The van der Waals surface area contributed by atoms with Gasteiger partial charge in [-0.05, 0) is 19.4 Å². The molecule has 2 N–H and O–H groups in total. The Kier molecular flexibility index (Phi) is 6.01. The van der Waals surface area contributed by atoms with E-state index in [-0.39, 0.29) is 5.41 Å². The van der Waals surface area contributed by atoms with Gasteiger partial charge < -0.3 is 15.1 Å². The number of aliphatic imine (C=N–C) groups is 1. The summed E-state index contributed by atoms with van der Waals surface area (Å²) in [6, 6.07) is 8.41. The lowest BCUT2D eigenvalue weighted by Gasteiger charge is -2.13. The van der Waals surface area contributed by atoms with Crippen molar-refractivity contribution in [3.63, 3.8) is 0 Å². The maximum atomic E-state index is 5.80. The van der Waals surface area contributed by atoms with Gasteiger partial charge in [-0.2, -0.15) is 0 Å². The van der Waals surface area contributed by atoms with Crippen molar-refractivity contribution >= 4 is 5.96 Å². The monoisotopic (exact) mass is 328 g/mol. The number of hydrogen-bond acceptors (Lipinski definition) is 3. The summed E-state index contributed by atoms with van der Waals surface area (Å²) in [5.74, 6) is 2.32. The van der Waals surface area contributed by atoms with Crippen LogP contribution in [-0.4, -0.2) is 17.5 Å². The highest BCUT2D eigenvalue weighted by Crippen LogP contribution is 2.22. The number of benzene rings is 1. The van der Waals surface area contributed by atoms with Crippen LogP contribution in [0.2, 0.25) is 0 Å². The number of aryl methyl sites for hydroxylation is 1. The highest BCUT2D eigenvalue weighted by atomic mass is 16.4. The van der Waals surface area contributed by atoms with E-state index in [9.17, 15) is 0 Å². The van der Waals surface area contributed by atoms with E-state index >= 15 is 0 Å². The van der Waals surface area contributed by atoms with E-state index in [0.717, 1.165) is 18.3 Å². The van der Waals surface area contributed by atoms with Crippen LogP contribution in [0.25, 0.3) is 0 Å². The molecule has 5 nitrogen and oxygen atoms in total. The second-order valence-corrected chi connectivity index (χ2v) is 6.90. The minimum atomic E-state index is -0.0325. The second-order valence-electron chi connectivity index (χ2n) is 6.90. The number of aromatic nitrogens is 1. The Morgan fingerprint density at radius 3 is 2.46 bits per heavy atom. The maximum absolute atomic E-state index is 5.80. The third-order valence-corrected chi connectivity index (χ3v) is 3.58. The average molecular weight is 328 g/mol. The van der Waals surface area contributed by atoms with Crippen molar-refractivity contribution in [2.24, 2.45) is 4.99 Å². The van der Waals surface area contributed by atoms with Gasteiger partial charge in [0.05, 0.1) is 19.3 Å². The minimum Gasteiger partial charge on any atom is -0.443 e. The first-order valence-electron chi connectivity index (χ1n) is 8.41. The van der Waals surface area contributed by atoms with Gasteiger partial charge in [-0.3, -0.25) is 0 Å². The van der Waals surface area contributed by atoms with Crippen LogP contribution in [0.4, 0.5) is 0 Å². The van der Waals surface area contributed by atoms with Gasteiger partial charge in [-0.25, -0.2) is 9.98 Å². The lowest BCUT2D eigenvalue weighted by atomic mass is 9.94. The van der Waals surface area contributed by atoms with Crippen LogP contribution in [0.1, 0.15) is 50.5 Å². The smallest absolute Gasteiger partial charge is 0.213 e. The molecule has 1 aromatic heterocycles. The van der Waals surface area contributed by atoms with Crippen LogP contribution < -0.4 is 10.6 Å². The zero-order chi connectivity index (χ0) is 17.6. The lowest BCUT2D eigenvalue weighted by Crippen LogP contribution is -2.36. The van der Waals surface area contributed by atoms with Gasteiger partial charge in [-0.15, -0.1) is 0 Å². The van der Waals surface area contributed by atoms with Crippen molar-refractivity contribution in [2.45, 2.75) is 53.1 Å². The highest BCUT2D eigenvalue weighted by molar-refractivity contribution is 5.79. The fourth-order valence-corrected chi connectivity index (χ4v) is 2.10. The number of hydrogen-bond donors (Lipinski definition) is 2. The fraction of sp³-hybridized carbons (Fsp3) is 0.474. The Bertz CT molecular complexity index is 665. The molecule has 1 heterocycles. The molecule has 0 aliphatic heterocycles. The summed E-state index contributed by atoms with van der Waals surface area (Å²) in [7, 11) is 0. The molecule has 0 aliphatic rings. The first-order valence-corrected chi connectivity index (χ1v) is 8.41. The Morgan fingerprint density at radius 2 is 1.88 bits per heavy atom. The summed E-state index contributed by atoms with van der Waals surface area (Å²) in [4.78, 5) is 8.94. The third kappa shape index (κ3) is 5.41. The molecule has 0 saturated heterocycles. The molecular weight excluding hydrogens is 300 g/mol. The average Bonchev–Trinajstić information content (AvgIpc) is 3.01. The minimum absolute atomic E-state index is 0.0325. The van der Waals surface area contributed by atoms with Crippen LogP contribution in [0.5, 0.6) is 0 Å². The summed E-state index contributed by atoms with van der Waals surface area (Å²) >= 11 is 0. The molecule has 24 heavy (non-hydrogen) atoms. The van der Waals surface area contributed by atoms with Crippen molar-refractivity contribution in [2.75, 3.05) is 6.54 Å². The topological polar surface area (TPSA) is 62.5 Å². The fourth-order valence-electron chi connectivity index (χ4n) is 2.10. The predicted octanol–water partition coefficient (Wildman–Crippen LogP) is 3.54. The van der Waals surface area contributed by atoms with Gasteiger partial charge in [0.1, 0.15) is 5.76 Å². The largest absolute Gasteiger partial charge is 0.443 e. The summed E-state index contributed by atoms with van der Waals surface area (Å²) in [5, 5.41) is 6.51. The first-order chi connectivity index (χ1) is 11.4. The quantitative estimate of drug-likeness (QED) is 0.651. The van der Waals surface area contributed by atoms with Gasteiger partial charge in [0.2, 0.25) is 5.89 Å². The molecule has 0 aliphatic carbocycles. The molecule has 0 radical (unpaired) electrons. The molecule has 0 fully saturated rings. The van der Waals surface area contributed by atoms with Gasteiger partial charge in [0.15, 0.2) is 5.96 Å². The number of nitrogens with one attached hydrogen (secondary N) is 2. The summed E-state index contributed by atoms with van der Waals surface area (Å²) in [6.07, 6.45) is 1.80. The molecule has 0 unspecified atom stereocenters. The first kappa shape index (κ1) is 18.0. The molecule has 130 valence electrons. The highest BCUT2D eigenvalue weighted by Gasteiger charge is 2.19. The summed E-state index contributed by atoms with van der Waals surface area (Å²) in [5.41, 5.74) is 2.41. The molecule has 0 bridgehead atoms. The lowest BCUT2D eigenvalue weighted by molar-refractivity contribution is 0.379. The Labute approximate surface area is 144 Å². The number of rotatable bonds is 5. The molecule has 0 atom stereocenters. The van der Waals surface area contributed by atoms with E-state index in [1.807, 2.05) is 6.92 Å². The van der Waals surface area contributed by atoms with E-state index in [0.29, 0.717) is 19.0 Å². The van der Waals surface area contributed by atoms with Crippen molar-refractivity contribution in [1.29, 1.82) is 0 Å². The van der Waals surface area contributed by atoms with Gasteiger partial charge in [-0.1, -0.05) is 50.6 Å². The summed E-state index contributed by atoms with van der Waals surface area (Å²) < 4.78 is 5.80. The standard InChI is InChI=1S/C19H28N4O/c1-6-20-18(22-11-15-9-7-14(2)8-10-15)23-13-17-21-12-16(24-17)19(3,4)5/h7-10,12H,6,11,13H2,1-5H3,(H2,20,22,23). The number of guanidine groups is 1. The Morgan fingerprint density at radius 1 is 1.17 bits per heavy atom. The van der Waals surface area contributed by atoms with E-state index < -0.39 is 0 Å². The summed E-state index contributed by atoms with van der Waals surface area (Å²) in [6.45, 7) is 12.4. The molecule has 1 aromatic carbocycles. The zero-order valence-corrected chi connectivity index (χ0v) is 15.3. The van der Waals surface area contributed by atoms with E-state index in [2.05, 4.69) is 72.6 Å². The van der Waals surface area contributed by atoms with Crippen molar-refractivity contribution in [1.82, 2.24) is 15.6 Å². The molecule has 0 spiro atoms. The molecule has 0 amide bonds. The van der Waals surface area contributed by atoms with E-state index in [4.69, 9.17) is 4.42 Å². The van der Waals surface area contributed by atoms with Gasteiger partial charge >= 0.3 is 0 Å². The van der Waals surface area contributed by atoms with Crippen LogP contribution in [0.3, 0.4) is 0 Å². The number of nitrogens with zero attached hydrogens (tertiary/aromatic N) is 2. The molecule has 5 heteroatoms. The van der Waals surface area contributed by atoms with Crippen LogP contribution in [0, 0.1) is 6.92 Å². The molecule has 2 aromatic rings. The van der Waals surface area contributed by atoms with Gasteiger partial charge in [0, 0.05) is 12.0 Å². The van der Waals surface area contributed by atoms with Crippen LogP contribution >= 0.6 is 0 Å². The number of oxazole rings is 1. The van der Waals surface area contributed by atoms with Crippen LogP contribution in [-0.2, 0) is 18.5 Å². The third-order valence-electron chi connectivity index (χ3n) is 3.58. The molecule has 0 saturated carbocycles. The van der Waals surface area contributed by atoms with E-state index in [1.165, 1.54) is 11.1 Å². The van der Waals surface area contributed by atoms with Crippen molar-refractivity contribution < 1.29 is 4.42 Å². The van der Waals surface area contributed by atoms with Crippen molar-refractivity contribution in [3.8, 4) is 0 Å². The SMILES string of the molecule is CCNC(=NCc1ccc(C)cc1)NCc1ncc(C(C)(C)C)o1. The van der Waals surface area contributed by atoms with Crippen LogP contribution in [0.15, 0.2) is 39.9 Å². The molecular formula is C19H28N4O. The molecule has 2 rings (SSSR count). The van der Waals surface area contributed by atoms with Crippen molar-refractivity contribution in [3.05, 3.63) is 53.2 Å².